The van der Waals surface area contributed by atoms with Crippen LogP contribution >= 0.6 is 27.5 Å². The molecule has 3 aliphatic rings. The van der Waals surface area contributed by atoms with Gasteiger partial charge in [-0.3, -0.25) is 0 Å². The zero-order valence-electron chi connectivity index (χ0n) is 15.6. The van der Waals surface area contributed by atoms with Gasteiger partial charge in [0.25, 0.3) is 5.88 Å². The molecule has 1 spiro atoms. The molecule has 2 fully saturated rings. The number of nitrogens with one attached hydrogen (secondary N) is 1. The number of hydrogen-bond acceptors (Lipinski definition) is 7. The first kappa shape index (κ1) is 17.9. The van der Waals surface area contributed by atoms with Crippen LogP contribution in [-0.2, 0) is 11.3 Å². The Hall–Kier alpha value is -1.91. The molecule has 1 saturated heterocycles. The number of fused-ring (bicyclic) bond motifs is 2. The van der Waals surface area contributed by atoms with Gasteiger partial charge in [0.15, 0.2) is 10.8 Å². The molecule has 2 aliphatic heterocycles. The molecule has 1 N–H and O–H groups in total. The predicted octanol–water partition coefficient (Wildman–Crippen LogP) is 3.71. The molecule has 1 saturated carbocycles. The van der Waals surface area contributed by atoms with Crippen molar-refractivity contribution in [1.82, 2.24) is 29.5 Å². The molecule has 0 unspecified atom stereocenters. The lowest BCUT2D eigenvalue weighted by molar-refractivity contribution is 0.00427. The Bertz CT molecular complexity index is 1110. The van der Waals surface area contributed by atoms with Gasteiger partial charge in [-0.1, -0.05) is 11.6 Å². The van der Waals surface area contributed by atoms with Crippen molar-refractivity contribution < 1.29 is 9.47 Å². The Balaban J connectivity index is 1.40. The number of aromatic nitrogens is 6. The van der Waals surface area contributed by atoms with Crippen LogP contribution in [-0.4, -0.2) is 49.3 Å². The summed E-state index contributed by atoms with van der Waals surface area (Å²) in [7, 11) is 0. The van der Waals surface area contributed by atoms with E-state index in [0.29, 0.717) is 47.8 Å². The van der Waals surface area contributed by atoms with Crippen LogP contribution in [0, 0.1) is 5.41 Å². The summed E-state index contributed by atoms with van der Waals surface area (Å²) in [5.41, 5.74) is 1.77. The maximum atomic E-state index is 6.23. The normalized spacial score (nSPS) is 22.8. The first-order valence-electron chi connectivity index (χ1n) is 9.77. The number of ether oxygens (including phenoxy) is 2. The van der Waals surface area contributed by atoms with E-state index in [1.54, 1.807) is 10.9 Å². The van der Waals surface area contributed by atoms with Crippen LogP contribution in [0.3, 0.4) is 0 Å². The van der Waals surface area contributed by atoms with Crippen molar-refractivity contribution in [2.24, 2.45) is 5.41 Å². The fraction of sp³-hybridized carbons (Fsp3) is 0.556. The molecule has 2 bridgehead atoms. The van der Waals surface area contributed by atoms with Crippen LogP contribution in [0.15, 0.2) is 10.8 Å². The van der Waals surface area contributed by atoms with Gasteiger partial charge in [0.05, 0.1) is 31.2 Å². The van der Waals surface area contributed by atoms with Crippen LogP contribution < -0.4 is 10.1 Å². The summed E-state index contributed by atoms with van der Waals surface area (Å²) in [6.45, 7) is 2.67. The first-order chi connectivity index (χ1) is 14.1. The van der Waals surface area contributed by atoms with E-state index in [1.807, 2.05) is 4.68 Å². The Morgan fingerprint density at radius 1 is 1.31 bits per heavy atom. The highest BCUT2D eigenvalue weighted by Gasteiger charge is 2.48. The van der Waals surface area contributed by atoms with Crippen molar-refractivity contribution >= 4 is 50.2 Å². The number of nitrogens with zero attached hydrogens (tertiary/aromatic N) is 6. The summed E-state index contributed by atoms with van der Waals surface area (Å²) in [6, 6.07) is 0.176. The van der Waals surface area contributed by atoms with E-state index in [0.717, 1.165) is 35.1 Å². The van der Waals surface area contributed by atoms with Crippen molar-refractivity contribution in [2.45, 2.75) is 38.3 Å². The quantitative estimate of drug-likeness (QED) is 0.568. The zero-order chi connectivity index (χ0) is 19.6. The maximum Gasteiger partial charge on any atom is 0.258 e. The van der Waals surface area contributed by atoms with Gasteiger partial charge in [0, 0.05) is 19.2 Å². The van der Waals surface area contributed by atoms with E-state index in [-0.39, 0.29) is 6.04 Å². The Kier molecular flexibility index (Phi) is 4.04. The highest BCUT2D eigenvalue weighted by atomic mass is 79.9. The average molecular weight is 481 g/mol. The molecule has 1 aliphatic carbocycles. The SMILES string of the molecule is Clc1nn2c3nc(ncc13)Nc1c(nn([C@@H]3COCC4(CC4)C3)c1Br)OCCC2. The molecule has 11 heteroatoms. The highest BCUT2D eigenvalue weighted by molar-refractivity contribution is 9.10. The molecule has 0 radical (unpaired) electrons. The number of anilines is 2. The second-order valence-corrected chi connectivity index (χ2v) is 9.17. The van der Waals surface area contributed by atoms with Gasteiger partial charge in [0.1, 0.15) is 10.3 Å². The fourth-order valence-electron chi connectivity index (χ4n) is 4.19. The van der Waals surface area contributed by atoms with Crippen LogP contribution in [0.25, 0.3) is 11.0 Å². The Morgan fingerprint density at radius 3 is 3.07 bits per heavy atom. The van der Waals surface area contributed by atoms with Gasteiger partial charge in [-0.2, -0.15) is 10.1 Å². The van der Waals surface area contributed by atoms with Crippen LogP contribution in [0.5, 0.6) is 5.88 Å². The van der Waals surface area contributed by atoms with E-state index in [2.05, 4.69) is 36.3 Å². The summed E-state index contributed by atoms with van der Waals surface area (Å²) >= 11 is 9.95. The van der Waals surface area contributed by atoms with Crippen LogP contribution in [0.2, 0.25) is 5.15 Å². The number of halogens is 2. The largest absolute Gasteiger partial charge is 0.475 e. The van der Waals surface area contributed by atoms with E-state index in [4.69, 9.17) is 26.2 Å². The van der Waals surface area contributed by atoms with Gasteiger partial charge in [-0.05, 0) is 40.6 Å². The highest BCUT2D eigenvalue weighted by Crippen LogP contribution is 2.54. The molecule has 0 aromatic carbocycles. The summed E-state index contributed by atoms with van der Waals surface area (Å²) in [5, 5.41) is 13.5. The molecule has 0 amide bonds. The molecule has 6 rings (SSSR count). The van der Waals surface area contributed by atoms with E-state index >= 15 is 0 Å². The molecule has 5 heterocycles. The number of hydrogen-bond donors (Lipinski definition) is 1. The predicted molar refractivity (Wildman–Crippen MR) is 110 cm³/mol. The van der Waals surface area contributed by atoms with E-state index < -0.39 is 0 Å². The summed E-state index contributed by atoms with van der Waals surface area (Å²) in [6.07, 6.45) is 6.00. The molecular formula is C18H19BrClN7O2. The first-order valence-corrected chi connectivity index (χ1v) is 10.9. The van der Waals surface area contributed by atoms with Crippen molar-refractivity contribution in [1.29, 1.82) is 0 Å². The Morgan fingerprint density at radius 2 is 2.21 bits per heavy atom. The van der Waals surface area contributed by atoms with Crippen molar-refractivity contribution in [3.63, 3.8) is 0 Å². The minimum atomic E-state index is 0.176. The van der Waals surface area contributed by atoms with Gasteiger partial charge in [0.2, 0.25) is 5.95 Å². The van der Waals surface area contributed by atoms with Crippen LogP contribution in [0.1, 0.15) is 31.7 Å². The molecular weight excluding hydrogens is 462 g/mol. The third-order valence-electron chi connectivity index (χ3n) is 5.94. The number of aryl methyl sites for hydroxylation is 1. The minimum absolute atomic E-state index is 0.176. The minimum Gasteiger partial charge on any atom is -0.475 e. The van der Waals surface area contributed by atoms with Gasteiger partial charge in [-0.25, -0.2) is 14.3 Å². The standard InChI is InChI=1S/C18H19BrClN7O2/c19-13-12-16(25-27(13)10-6-18(2-3-18)9-28-8-10)29-5-1-4-26-15-11(14(20)24-26)7-21-17(22-12)23-15/h7,10H,1-6,8-9H2,(H,21,22,23)/t10-/m0/s1. The average Bonchev–Trinajstić information content (AvgIpc) is 3.29. The Labute approximate surface area is 179 Å². The molecule has 3 aromatic heterocycles. The monoisotopic (exact) mass is 479 g/mol. The van der Waals surface area contributed by atoms with Gasteiger partial charge < -0.3 is 14.8 Å². The molecule has 1 atom stereocenters. The van der Waals surface area contributed by atoms with E-state index in [1.165, 1.54) is 12.8 Å². The summed E-state index contributed by atoms with van der Waals surface area (Å²) in [4.78, 5) is 9.03. The second kappa shape index (κ2) is 6.55. The molecule has 9 nitrogen and oxygen atoms in total. The van der Waals surface area contributed by atoms with Gasteiger partial charge >= 0.3 is 0 Å². The van der Waals surface area contributed by atoms with Crippen LogP contribution in [0.4, 0.5) is 11.6 Å². The third kappa shape index (κ3) is 3.00. The second-order valence-electron chi connectivity index (χ2n) is 8.06. The topological polar surface area (TPSA) is 91.9 Å². The lowest BCUT2D eigenvalue weighted by Crippen LogP contribution is -2.29. The van der Waals surface area contributed by atoms with Crippen molar-refractivity contribution in [3.05, 3.63) is 16.0 Å². The zero-order valence-corrected chi connectivity index (χ0v) is 17.9. The summed E-state index contributed by atoms with van der Waals surface area (Å²) in [5.74, 6) is 0.981. The summed E-state index contributed by atoms with van der Waals surface area (Å²) < 4.78 is 16.5. The fourth-order valence-corrected chi connectivity index (χ4v) is 5.05. The smallest absolute Gasteiger partial charge is 0.258 e. The van der Waals surface area contributed by atoms with Crippen molar-refractivity contribution in [3.8, 4) is 5.88 Å². The van der Waals surface area contributed by atoms with Crippen molar-refractivity contribution in [2.75, 3.05) is 25.1 Å². The third-order valence-corrected chi connectivity index (χ3v) is 6.98. The lowest BCUT2D eigenvalue weighted by atomic mass is 9.96. The maximum absolute atomic E-state index is 6.23. The lowest BCUT2D eigenvalue weighted by Gasteiger charge is -2.29. The molecule has 3 aromatic rings. The van der Waals surface area contributed by atoms with Gasteiger partial charge in [-0.15, -0.1) is 5.10 Å². The molecule has 152 valence electrons. The van der Waals surface area contributed by atoms with E-state index in [9.17, 15) is 0 Å². The number of rotatable bonds is 1. The molecule has 29 heavy (non-hydrogen) atoms.